The molecule has 3 aromatic heterocycles. The lowest BCUT2D eigenvalue weighted by atomic mass is 10.0. The van der Waals surface area contributed by atoms with Crippen LogP contribution in [0.3, 0.4) is 0 Å². The van der Waals surface area contributed by atoms with Gasteiger partial charge in [0, 0.05) is 22.7 Å². The first-order valence-corrected chi connectivity index (χ1v) is 12.7. The monoisotopic (exact) mass is 537 g/mol. The molecule has 5 aromatic rings. The number of hydrogen-bond acceptors (Lipinski definition) is 6. The third-order valence-corrected chi connectivity index (χ3v) is 7.30. The van der Waals surface area contributed by atoms with Gasteiger partial charge in [0.15, 0.2) is 0 Å². The molecule has 1 aliphatic rings. The normalized spacial score (nSPS) is 15.1. The molecule has 39 heavy (non-hydrogen) atoms. The van der Waals surface area contributed by atoms with Gasteiger partial charge in [-0.05, 0) is 82.4 Å². The Morgan fingerprint density at radius 2 is 1.74 bits per heavy atom. The Balaban J connectivity index is 1.40. The lowest BCUT2D eigenvalue weighted by Crippen LogP contribution is -2.36. The minimum Gasteiger partial charge on any atom is -0.461 e. The van der Waals surface area contributed by atoms with Gasteiger partial charge >= 0.3 is 12.1 Å². The largest absolute Gasteiger partial charge is 0.461 e. The lowest BCUT2D eigenvalue weighted by molar-refractivity contribution is 0.116. The maximum Gasteiger partial charge on any atom is 0.329 e. The van der Waals surface area contributed by atoms with Gasteiger partial charge in [-0.3, -0.25) is 9.13 Å². The second-order valence-electron chi connectivity index (χ2n) is 9.94. The van der Waals surface area contributed by atoms with E-state index in [9.17, 15) is 13.6 Å². The van der Waals surface area contributed by atoms with E-state index in [-0.39, 0.29) is 35.3 Å². The van der Waals surface area contributed by atoms with Gasteiger partial charge in [0.2, 0.25) is 5.89 Å². The van der Waals surface area contributed by atoms with Crippen LogP contribution in [0, 0.1) is 12.7 Å². The minimum absolute atomic E-state index is 0.00755. The smallest absolute Gasteiger partial charge is 0.329 e. The predicted octanol–water partition coefficient (Wildman–Crippen LogP) is 5.81. The van der Waals surface area contributed by atoms with E-state index in [1.807, 2.05) is 41.8 Å². The molecule has 11 heteroatoms. The van der Waals surface area contributed by atoms with Crippen molar-refractivity contribution < 1.29 is 22.0 Å². The summed E-state index contributed by atoms with van der Waals surface area (Å²) in [5.41, 5.74) is 2.54. The fraction of sp³-hybridized carbons (Fsp3) is 0.321. The number of aryl methyl sites for hydroxylation is 1. The first kappa shape index (κ1) is 25.2. The van der Waals surface area contributed by atoms with Crippen molar-refractivity contribution in [3.05, 3.63) is 82.0 Å². The maximum absolute atomic E-state index is 15.2. The fourth-order valence-corrected chi connectivity index (χ4v) is 5.20. The van der Waals surface area contributed by atoms with Crippen LogP contribution in [0.2, 0.25) is 0 Å². The zero-order chi connectivity index (χ0) is 27.3. The quantitative estimate of drug-likeness (QED) is 0.272. The third kappa shape index (κ3) is 4.67. The van der Waals surface area contributed by atoms with Crippen LogP contribution in [0.5, 0.6) is 0 Å². The highest BCUT2D eigenvalue weighted by molar-refractivity contribution is 5.82. The Labute approximate surface area is 221 Å². The van der Waals surface area contributed by atoms with Gasteiger partial charge < -0.3 is 13.7 Å². The Morgan fingerprint density at radius 3 is 2.41 bits per heavy atom. The van der Waals surface area contributed by atoms with Gasteiger partial charge in [-0.25, -0.2) is 9.18 Å². The van der Waals surface area contributed by atoms with Crippen molar-refractivity contribution >= 4 is 11.0 Å². The summed E-state index contributed by atoms with van der Waals surface area (Å²) >= 11 is 0. The number of alkyl halides is 2. The second kappa shape index (κ2) is 9.88. The number of rotatable bonds is 6. The average Bonchev–Trinajstić information content (AvgIpc) is 3.64. The van der Waals surface area contributed by atoms with Gasteiger partial charge in [0.05, 0.1) is 17.6 Å². The van der Waals surface area contributed by atoms with Crippen molar-refractivity contribution in [2.45, 2.75) is 38.8 Å². The van der Waals surface area contributed by atoms with Crippen molar-refractivity contribution in [1.29, 1.82) is 0 Å². The molecule has 0 spiro atoms. The summed E-state index contributed by atoms with van der Waals surface area (Å²) < 4.78 is 55.0. The number of halogens is 3. The maximum atomic E-state index is 15.2. The summed E-state index contributed by atoms with van der Waals surface area (Å²) in [5.74, 6) is -0.138. The van der Waals surface area contributed by atoms with Gasteiger partial charge in [-0.1, -0.05) is 6.07 Å². The van der Waals surface area contributed by atoms with E-state index in [0.717, 1.165) is 48.8 Å². The third-order valence-electron chi connectivity index (χ3n) is 7.30. The fourth-order valence-electron chi connectivity index (χ4n) is 5.20. The number of aromatic nitrogens is 4. The number of nitrogens with zero attached hydrogens (tertiary/aromatic N) is 5. The highest BCUT2D eigenvalue weighted by Gasteiger charge is 2.25. The first-order valence-electron chi connectivity index (χ1n) is 12.7. The van der Waals surface area contributed by atoms with E-state index in [1.54, 1.807) is 4.57 Å². The molecule has 0 atom stereocenters. The molecule has 0 bridgehead atoms. The number of imidazole rings is 1. The molecule has 1 aliphatic heterocycles. The first-order chi connectivity index (χ1) is 18.8. The topological polar surface area (TPSA) is 82.2 Å². The molecule has 202 valence electrons. The van der Waals surface area contributed by atoms with Crippen LogP contribution in [0.15, 0.2) is 62.2 Å². The molecule has 8 nitrogen and oxygen atoms in total. The Morgan fingerprint density at radius 1 is 0.974 bits per heavy atom. The average molecular weight is 538 g/mol. The summed E-state index contributed by atoms with van der Waals surface area (Å²) in [6, 6.07) is 13.7. The lowest BCUT2D eigenvalue weighted by Gasteiger charge is -2.29. The van der Waals surface area contributed by atoms with Crippen LogP contribution in [0.25, 0.3) is 33.8 Å². The predicted molar refractivity (Wildman–Crippen MR) is 138 cm³/mol. The number of hydrogen-bond donors (Lipinski definition) is 0. The standard InChI is InChI=1S/C28H26F3N5O3/c1-16-3-8-24(38-16)17-6-7-22-23(14-17)36(20-9-11-34(2)12-10-20)28(37)35(22)15-19-5-4-18(13-21(19)29)26-32-33-27(39-26)25(30)31/h3-8,13-14,20,25H,9-12,15H2,1-2H3. The van der Waals surface area contributed by atoms with Crippen molar-refractivity contribution in [3.8, 4) is 22.8 Å². The van der Waals surface area contributed by atoms with Gasteiger partial charge in [-0.15, -0.1) is 10.2 Å². The molecular weight excluding hydrogens is 511 g/mol. The van der Waals surface area contributed by atoms with Crippen LogP contribution < -0.4 is 5.69 Å². The van der Waals surface area contributed by atoms with E-state index >= 15 is 4.39 Å². The molecule has 0 saturated carbocycles. The molecule has 1 fully saturated rings. The van der Waals surface area contributed by atoms with Crippen molar-refractivity contribution in [3.63, 3.8) is 0 Å². The second-order valence-corrected chi connectivity index (χ2v) is 9.94. The summed E-state index contributed by atoms with van der Waals surface area (Å²) in [5, 5.41) is 6.87. The van der Waals surface area contributed by atoms with Gasteiger partial charge in [-0.2, -0.15) is 8.78 Å². The highest BCUT2D eigenvalue weighted by Crippen LogP contribution is 2.31. The Bertz CT molecular complexity index is 1710. The number of fused-ring (bicyclic) bond motifs is 1. The molecule has 0 amide bonds. The minimum atomic E-state index is -2.92. The number of likely N-dealkylation sites (tertiary alicyclic amines) is 1. The van der Waals surface area contributed by atoms with E-state index in [2.05, 4.69) is 22.1 Å². The van der Waals surface area contributed by atoms with Crippen LogP contribution in [0.1, 0.15) is 42.5 Å². The van der Waals surface area contributed by atoms with Crippen LogP contribution >= 0.6 is 0 Å². The molecule has 2 aromatic carbocycles. The Kier molecular flexibility index (Phi) is 6.38. The zero-order valence-corrected chi connectivity index (χ0v) is 21.4. The summed E-state index contributed by atoms with van der Waals surface area (Å²) in [4.78, 5) is 16.1. The van der Waals surface area contributed by atoms with Crippen LogP contribution in [-0.2, 0) is 6.54 Å². The van der Waals surface area contributed by atoms with Crippen LogP contribution in [0.4, 0.5) is 13.2 Å². The van der Waals surface area contributed by atoms with E-state index in [4.69, 9.17) is 8.83 Å². The number of furan rings is 1. The molecule has 4 heterocycles. The molecule has 0 aliphatic carbocycles. The summed E-state index contributed by atoms with van der Waals surface area (Å²) in [6.07, 6.45) is -1.26. The molecular formula is C28H26F3N5O3. The van der Waals surface area contributed by atoms with Crippen LogP contribution in [-0.4, -0.2) is 44.4 Å². The summed E-state index contributed by atoms with van der Waals surface area (Å²) in [6.45, 7) is 3.62. The highest BCUT2D eigenvalue weighted by atomic mass is 19.3. The van der Waals surface area contributed by atoms with E-state index < -0.39 is 18.1 Å². The van der Waals surface area contributed by atoms with E-state index in [1.165, 1.54) is 12.1 Å². The van der Waals surface area contributed by atoms with Gasteiger partial charge in [0.1, 0.15) is 17.3 Å². The molecule has 6 rings (SSSR count). The zero-order valence-electron chi connectivity index (χ0n) is 21.4. The molecule has 0 radical (unpaired) electrons. The summed E-state index contributed by atoms with van der Waals surface area (Å²) in [7, 11) is 2.06. The number of piperidine rings is 1. The molecule has 0 N–H and O–H groups in total. The Hall–Kier alpha value is -4.12. The molecule has 1 saturated heterocycles. The van der Waals surface area contributed by atoms with Crippen molar-refractivity contribution in [2.24, 2.45) is 0 Å². The van der Waals surface area contributed by atoms with Gasteiger partial charge in [0.25, 0.3) is 5.89 Å². The SMILES string of the molecule is Cc1ccc(-c2ccc3c(c2)n(C2CCN(C)CC2)c(=O)n3Cc2ccc(-c3nnc(C(F)F)o3)cc2F)o1. The van der Waals surface area contributed by atoms with Crippen molar-refractivity contribution in [2.75, 3.05) is 20.1 Å². The van der Waals surface area contributed by atoms with Crippen molar-refractivity contribution in [1.82, 2.24) is 24.2 Å². The molecule has 0 unspecified atom stereocenters. The van der Waals surface area contributed by atoms with E-state index in [0.29, 0.717) is 11.3 Å². The number of benzene rings is 2.